The zero-order chi connectivity index (χ0) is 14.8. The maximum Gasteiger partial charge on any atom is 0.0983 e. The maximum absolute atomic E-state index is 8.78. The normalized spacial score (nSPS) is 12.0. The van der Waals surface area contributed by atoms with Crippen molar-refractivity contribution in [1.82, 2.24) is 9.97 Å². The molecular weight excluding hydrogens is 282 g/mol. The number of hydrogen-bond acceptors (Lipinski definition) is 5. The van der Waals surface area contributed by atoms with Gasteiger partial charge in [-0.15, -0.1) is 11.8 Å². The summed E-state index contributed by atoms with van der Waals surface area (Å²) in [5.41, 5.74) is 2.34. The van der Waals surface area contributed by atoms with Crippen molar-refractivity contribution in [1.29, 1.82) is 0 Å². The second-order valence-electron chi connectivity index (χ2n) is 4.99. The van der Waals surface area contributed by atoms with Crippen molar-refractivity contribution < 1.29 is 5.21 Å². The standard InChI is InChI=1S/C16H15N3OS/c1-10(2)21-14-8-12(9-18-20)19-16-13(14)6-5-11-4-3-7-17-15(11)16/h3-10,20H,1-2H3. The molecule has 21 heavy (non-hydrogen) atoms. The Balaban J connectivity index is 2.37. The van der Waals surface area contributed by atoms with Gasteiger partial charge in [0.2, 0.25) is 0 Å². The molecule has 106 valence electrons. The van der Waals surface area contributed by atoms with Crippen molar-refractivity contribution >= 4 is 39.8 Å². The Bertz CT molecular complexity index is 830. The minimum absolute atomic E-state index is 0.453. The number of hydrogen-bond donors (Lipinski definition) is 1. The quantitative estimate of drug-likeness (QED) is 0.260. The van der Waals surface area contributed by atoms with E-state index in [-0.39, 0.29) is 0 Å². The third-order valence-corrected chi connectivity index (χ3v) is 4.15. The van der Waals surface area contributed by atoms with Crippen molar-refractivity contribution in [2.75, 3.05) is 0 Å². The van der Waals surface area contributed by atoms with Crippen LogP contribution >= 0.6 is 11.8 Å². The lowest BCUT2D eigenvalue weighted by Crippen LogP contribution is -1.95. The van der Waals surface area contributed by atoms with Crippen molar-refractivity contribution in [3.63, 3.8) is 0 Å². The maximum atomic E-state index is 8.78. The van der Waals surface area contributed by atoms with Gasteiger partial charge in [-0.2, -0.15) is 0 Å². The first-order valence-corrected chi connectivity index (χ1v) is 7.59. The molecule has 4 nitrogen and oxygen atoms in total. The van der Waals surface area contributed by atoms with Crippen LogP contribution in [0, 0.1) is 0 Å². The summed E-state index contributed by atoms with van der Waals surface area (Å²) in [7, 11) is 0. The van der Waals surface area contributed by atoms with E-state index in [0.717, 1.165) is 26.7 Å². The lowest BCUT2D eigenvalue weighted by molar-refractivity contribution is 0.321. The second-order valence-corrected chi connectivity index (χ2v) is 6.61. The van der Waals surface area contributed by atoms with E-state index in [1.54, 1.807) is 18.0 Å². The van der Waals surface area contributed by atoms with Gasteiger partial charge in [0.1, 0.15) is 0 Å². The molecule has 0 saturated heterocycles. The van der Waals surface area contributed by atoms with Gasteiger partial charge in [0.05, 0.1) is 22.9 Å². The summed E-state index contributed by atoms with van der Waals surface area (Å²) in [6.45, 7) is 4.30. The Hall–Kier alpha value is -2.14. The molecule has 0 amide bonds. The van der Waals surface area contributed by atoms with Gasteiger partial charge >= 0.3 is 0 Å². The fourth-order valence-corrected chi connectivity index (χ4v) is 3.28. The predicted molar refractivity (Wildman–Crippen MR) is 87.4 cm³/mol. The van der Waals surface area contributed by atoms with Gasteiger partial charge in [-0.25, -0.2) is 4.98 Å². The Labute approximate surface area is 126 Å². The van der Waals surface area contributed by atoms with Crippen LogP contribution in [0.4, 0.5) is 0 Å². The Morgan fingerprint density at radius 2 is 2.10 bits per heavy atom. The topological polar surface area (TPSA) is 58.4 Å². The van der Waals surface area contributed by atoms with E-state index in [0.29, 0.717) is 10.9 Å². The minimum Gasteiger partial charge on any atom is -0.411 e. The number of benzene rings is 1. The first-order chi connectivity index (χ1) is 10.2. The highest BCUT2D eigenvalue weighted by Gasteiger charge is 2.11. The number of nitrogens with zero attached hydrogens (tertiary/aromatic N) is 3. The SMILES string of the molecule is CC(C)Sc1cc(C=NO)nc2c1ccc1cccnc12. The van der Waals surface area contributed by atoms with Gasteiger partial charge in [-0.1, -0.05) is 37.2 Å². The van der Waals surface area contributed by atoms with E-state index in [1.807, 2.05) is 18.2 Å². The first kappa shape index (κ1) is 13.8. The molecule has 0 fully saturated rings. The molecule has 0 aliphatic rings. The van der Waals surface area contributed by atoms with Gasteiger partial charge in [0, 0.05) is 27.1 Å². The number of fused-ring (bicyclic) bond motifs is 3. The number of oxime groups is 1. The first-order valence-electron chi connectivity index (χ1n) is 6.71. The summed E-state index contributed by atoms with van der Waals surface area (Å²) in [6.07, 6.45) is 3.12. The number of thioether (sulfide) groups is 1. The van der Waals surface area contributed by atoms with Crippen LogP contribution in [0.15, 0.2) is 46.6 Å². The summed E-state index contributed by atoms with van der Waals surface area (Å²) in [5, 5.41) is 14.5. The van der Waals surface area contributed by atoms with Crippen molar-refractivity contribution in [3.8, 4) is 0 Å². The molecule has 0 radical (unpaired) electrons. The summed E-state index contributed by atoms with van der Waals surface area (Å²) < 4.78 is 0. The van der Waals surface area contributed by atoms with Crippen LogP contribution in [-0.4, -0.2) is 26.6 Å². The molecule has 2 heterocycles. The van der Waals surface area contributed by atoms with E-state index in [2.05, 4.69) is 41.1 Å². The van der Waals surface area contributed by atoms with E-state index in [4.69, 9.17) is 5.21 Å². The molecule has 0 bridgehead atoms. The van der Waals surface area contributed by atoms with Crippen LogP contribution in [-0.2, 0) is 0 Å². The number of rotatable bonds is 3. The predicted octanol–water partition coefficient (Wildman–Crippen LogP) is 4.09. The highest BCUT2D eigenvalue weighted by Crippen LogP contribution is 2.33. The Morgan fingerprint density at radius 3 is 2.86 bits per heavy atom. The van der Waals surface area contributed by atoms with Gasteiger partial charge < -0.3 is 5.21 Å². The van der Waals surface area contributed by atoms with Crippen LogP contribution < -0.4 is 0 Å². The van der Waals surface area contributed by atoms with Crippen molar-refractivity contribution in [3.05, 3.63) is 42.2 Å². The van der Waals surface area contributed by atoms with Crippen molar-refractivity contribution in [2.45, 2.75) is 24.0 Å². The third-order valence-electron chi connectivity index (χ3n) is 3.09. The van der Waals surface area contributed by atoms with Gasteiger partial charge in [-0.05, 0) is 12.1 Å². The molecule has 0 aliphatic heterocycles. The minimum atomic E-state index is 0.453. The lowest BCUT2D eigenvalue weighted by atomic mass is 10.1. The molecule has 1 aromatic carbocycles. The fraction of sp³-hybridized carbons (Fsp3) is 0.188. The van der Waals surface area contributed by atoms with Gasteiger partial charge in [0.15, 0.2) is 0 Å². The zero-order valence-corrected chi connectivity index (χ0v) is 12.6. The molecule has 3 rings (SSSR count). The monoisotopic (exact) mass is 297 g/mol. The zero-order valence-electron chi connectivity index (χ0n) is 11.8. The molecule has 2 aromatic heterocycles. The van der Waals surface area contributed by atoms with Crippen LogP contribution in [0.25, 0.3) is 21.8 Å². The summed E-state index contributed by atoms with van der Waals surface area (Å²) >= 11 is 1.77. The molecule has 0 saturated carbocycles. The second kappa shape index (κ2) is 5.69. The van der Waals surface area contributed by atoms with Crippen LogP contribution in [0.2, 0.25) is 0 Å². The highest BCUT2D eigenvalue weighted by molar-refractivity contribution is 8.00. The van der Waals surface area contributed by atoms with Gasteiger partial charge in [0.25, 0.3) is 0 Å². The van der Waals surface area contributed by atoms with Gasteiger partial charge in [-0.3, -0.25) is 4.98 Å². The molecule has 0 spiro atoms. The number of pyridine rings is 2. The fourth-order valence-electron chi connectivity index (χ4n) is 2.29. The Kier molecular flexibility index (Phi) is 3.75. The summed E-state index contributed by atoms with van der Waals surface area (Å²) in [4.78, 5) is 10.2. The van der Waals surface area contributed by atoms with Crippen LogP contribution in [0.1, 0.15) is 19.5 Å². The molecule has 0 atom stereocenters. The molecule has 0 unspecified atom stereocenters. The summed E-state index contributed by atoms with van der Waals surface area (Å²) in [6, 6.07) is 10.0. The third kappa shape index (κ3) is 2.69. The average molecular weight is 297 g/mol. The summed E-state index contributed by atoms with van der Waals surface area (Å²) in [5.74, 6) is 0. The molecule has 5 heteroatoms. The molecule has 3 aromatic rings. The van der Waals surface area contributed by atoms with Crippen LogP contribution in [0.3, 0.4) is 0 Å². The van der Waals surface area contributed by atoms with Crippen LogP contribution in [0.5, 0.6) is 0 Å². The average Bonchev–Trinajstić information content (AvgIpc) is 2.47. The number of aromatic nitrogens is 2. The smallest absolute Gasteiger partial charge is 0.0983 e. The van der Waals surface area contributed by atoms with E-state index in [9.17, 15) is 0 Å². The molecule has 1 N–H and O–H groups in total. The highest BCUT2D eigenvalue weighted by atomic mass is 32.2. The lowest BCUT2D eigenvalue weighted by Gasteiger charge is -2.11. The molecule has 0 aliphatic carbocycles. The molecular formula is C16H15N3OS. The van der Waals surface area contributed by atoms with E-state index >= 15 is 0 Å². The van der Waals surface area contributed by atoms with E-state index in [1.165, 1.54) is 6.21 Å². The Morgan fingerprint density at radius 1 is 1.24 bits per heavy atom. The van der Waals surface area contributed by atoms with E-state index < -0.39 is 0 Å². The van der Waals surface area contributed by atoms with Crippen molar-refractivity contribution in [2.24, 2.45) is 5.16 Å². The largest absolute Gasteiger partial charge is 0.411 e.